The van der Waals surface area contributed by atoms with E-state index in [0.717, 1.165) is 24.0 Å². The van der Waals surface area contributed by atoms with Crippen molar-refractivity contribution >= 4 is 11.8 Å². The van der Waals surface area contributed by atoms with Gasteiger partial charge in [0.15, 0.2) is 11.5 Å². The van der Waals surface area contributed by atoms with Crippen LogP contribution in [0.4, 0.5) is 0 Å². The maximum Gasteiger partial charge on any atom is 0.161 e. The lowest BCUT2D eigenvalue weighted by atomic mass is 10.1. The maximum absolute atomic E-state index is 5.40. The van der Waals surface area contributed by atoms with E-state index in [0.29, 0.717) is 6.04 Å². The molecule has 1 aromatic carbocycles. The molecule has 112 valence electrons. The van der Waals surface area contributed by atoms with Crippen LogP contribution in [-0.2, 0) is 6.54 Å². The number of thioether (sulfide) groups is 1. The Kier molecular flexibility index (Phi) is 5.61. The average Bonchev–Trinajstić information content (AvgIpc) is 3.27. The standard InChI is InChI=1S/C16H25NO2S/c1-11(7-12-5-6-12)17-10-13-8-14(18-2)15(19-3)9-16(13)20-4/h8-9,11-12,17H,5-7,10H2,1-4H3. The molecule has 0 amide bonds. The monoisotopic (exact) mass is 295 g/mol. The Hall–Kier alpha value is -0.870. The van der Waals surface area contributed by atoms with Crippen molar-refractivity contribution in [3.8, 4) is 11.5 Å². The summed E-state index contributed by atoms with van der Waals surface area (Å²) in [7, 11) is 3.36. The molecule has 0 heterocycles. The first-order valence-electron chi connectivity index (χ1n) is 7.20. The lowest BCUT2D eigenvalue weighted by Gasteiger charge is -2.17. The van der Waals surface area contributed by atoms with Gasteiger partial charge >= 0.3 is 0 Å². The van der Waals surface area contributed by atoms with Crippen LogP contribution in [0, 0.1) is 5.92 Å². The van der Waals surface area contributed by atoms with Crippen molar-refractivity contribution in [3.05, 3.63) is 17.7 Å². The van der Waals surface area contributed by atoms with Gasteiger partial charge in [-0.2, -0.15) is 0 Å². The Bertz CT molecular complexity index is 446. The molecule has 3 nitrogen and oxygen atoms in total. The largest absolute Gasteiger partial charge is 0.493 e. The molecular formula is C16H25NO2S. The van der Waals surface area contributed by atoms with Gasteiger partial charge in [0.1, 0.15) is 0 Å². The Balaban J connectivity index is 2.04. The van der Waals surface area contributed by atoms with Gasteiger partial charge in [-0.25, -0.2) is 0 Å². The summed E-state index contributed by atoms with van der Waals surface area (Å²) in [6.45, 7) is 3.16. The summed E-state index contributed by atoms with van der Waals surface area (Å²) in [6, 6.07) is 4.72. The molecule has 0 saturated heterocycles. The van der Waals surface area contributed by atoms with Crippen molar-refractivity contribution in [2.75, 3.05) is 20.5 Å². The minimum absolute atomic E-state index is 0.574. The Morgan fingerprint density at radius 3 is 2.45 bits per heavy atom. The molecule has 0 radical (unpaired) electrons. The van der Waals surface area contributed by atoms with Crippen LogP contribution in [0.1, 0.15) is 31.7 Å². The molecule has 1 fully saturated rings. The van der Waals surface area contributed by atoms with Crippen LogP contribution in [0.3, 0.4) is 0 Å². The molecule has 0 aliphatic heterocycles. The van der Waals surface area contributed by atoms with Crippen LogP contribution in [0.15, 0.2) is 17.0 Å². The van der Waals surface area contributed by atoms with Crippen LogP contribution in [0.5, 0.6) is 11.5 Å². The van der Waals surface area contributed by atoms with Crippen LogP contribution in [0.25, 0.3) is 0 Å². The molecule has 20 heavy (non-hydrogen) atoms. The highest BCUT2D eigenvalue weighted by atomic mass is 32.2. The van der Waals surface area contributed by atoms with Crippen molar-refractivity contribution in [2.24, 2.45) is 5.92 Å². The van der Waals surface area contributed by atoms with Gasteiger partial charge in [-0.15, -0.1) is 11.8 Å². The molecule has 0 bridgehead atoms. The molecular weight excluding hydrogens is 270 g/mol. The number of ether oxygens (including phenoxy) is 2. The van der Waals surface area contributed by atoms with Gasteiger partial charge in [0.25, 0.3) is 0 Å². The molecule has 0 aromatic heterocycles. The number of hydrogen-bond acceptors (Lipinski definition) is 4. The molecule has 1 aliphatic rings. The van der Waals surface area contributed by atoms with Gasteiger partial charge < -0.3 is 14.8 Å². The lowest BCUT2D eigenvalue weighted by Crippen LogP contribution is -2.26. The summed E-state index contributed by atoms with van der Waals surface area (Å²) in [5.41, 5.74) is 1.28. The number of rotatable bonds is 8. The van der Waals surface area contributed by atoms with E-state index >= 15 is 0 Å². The summed E-state index contributed by atoms with van der Waals surface area (Å²) in [4.78, 5) is 1.24. The Labute approximate surface area is 126 Å². The molecule has 1 N–H and O–H groups in total. The molecule has 1 aliphatic carbocycles. The molecule has 1 atom stereocenters. The van der Waals surface area contributed by atoms with E-state index in [-0.39, 0.29) is 0 Å². The van der Waals surface area contributed by atoms with Crippen molar-refractivity contribution < 1.29 is 9.47 Å². The van der Waals surface area contributed by atoms with Crippen LogP contribution < -0.4 is 14.8 Å². The van der Waals surface area contributed by atoms with Gasteiger partial charge in [0, 0.05) is 17.5 Å². The number of nitrogens with one attached hydrogen (secondary N) is 1. The number of hydrogen-bond donors (Lipinski definition) is 1. The zero-order chi connectivity index (χ0) is 14.5. The van der Waals surface area contributed by atoms with E-state index in [9.17, 15) is 0 Å². The second-order valence-electron chi connectivity index (χ2n) is 5.48. The minimum atomic E-state index is 0.574. The van der Waals surface area contributed by atoms with Crippen molar-refractivity contribution in [2.45, 2.75) is 43.7 Å². The third-order valence-electron chi connectivity index (χ3n) is 3.81. The van der Waals surface area contributed by atoms with E-state index in [1.54, 1.807) is 26.0 Å². The summed E-state index contributed by atoms with van der Waals surface area (Å²) in [5, 5.41) is 3.62. The second-order valence-corrected chi connectivity index (χ2v) is 6.33. The number of methoxy groups -OCH3 is 2. The summed E-state index contributed by atoms with van der Waals surface area (Å²) >= 11 is 1.75. The normalized spacial score (nSPS) is 16.0. The quantitative estimate of drug-likeness (QED) is 0.741. The van der Waals surface area contributed by atoms with Crippen LogP contribution in [0.2, 0.25) is 0 Å². The Morgan fingerprint density at radius 1 is 1.25 bits per heavy atom. The van der Waals surface area contributed by atoms with Crippen molar-refractivity contribution in [1.82, 2.24) is 5.32 Å². The molecule has 1 saturated carbocycles. The van der Waals surface area contributed by atoms with Gasteiger partial charge in [-0.1, -0.05) is 12.8 Å². The number of benzene rings is 1. The zero-order valence-electron chi connectivity index (χ0n) is 12.9. The van der Waals surface area contributed by atoms with E-state index in [4.69, 9.17) is 9.47 Å². The Morgan fingerprint density at radius 2 is 1.90 bits per heavy atom. The van der Waals surface area contributed by atoms with Crippen molar-refractivity contribution in [3.63, 3.8) is 0 Å². The topological polar surface area (TPSA) is 30.5 Å². The third-order valence-corrected chi connectivity index (χ3v) is 4.63. The van der Waals surface area contributed by atoms with Crippen LogP contribution in [-0.4, -0.2) is 26.5 Å². The van der Waals surface area contributed by atoms with Gasteiger partial charge in [-0.3, -0.25) is 0 Å². The highest BCUT2D eigenvalue weighted by molar-refractivity contribution is 7.98. The summed E-state index contributed by atoms with van der Waals surface area (Å²) < 4.78 is 10.8. The highest BCUT2D eigenvalue weighted by Crippen LogP contribution is 2.35. The predicted molar refractivity (Wildman–Crippen MR) is 85.0 cm³/mol. The fourth-order valence-corrected chi connectivity index (χ4v) is 3.07. The highest BCUT2D eigenvalue weighted by Gasteiger charge is 2.23. The second kappa shape index (κ2) is 7.23. The van der Waals surface area contributed by atoms with Gasteiger partial charge in [0.05, 0.1) is 14.2 Å². The van der Waals surface area contributed by atoms with Crippen molar-refractivity contribution in [1.29, 1.82) is 0 Å². The molecule has 1 unspecified atom stereocenters. The third kappa shape index (κ3) is 4.06. The summed E-state index contributed by atoms with van der Waals surface area (Å²) in [5.74, 6) is 2.56. The predicted octanol–water partition coefficient (Wildman–Crippen LogP) is 3.70. The van der Waals surface area contributed by atoms with E-state index in [1.807, 2.05) is 0 Å². The molecule has 1 aromatic rings. The fraction of sp³-hybridized carbons (Fsp3) is 0.625. The van der Waals surface area contributed by atoms with E-state index < -0.39 is 0 Å². The van der Waals surface area contributed by atoms with E-state index in [2.05, 4.69) is 30.6 Å². The zero-order valence-corrected chi connectivity index (χ0v) is 13.7. The minimum Gasteiger partial charge on any atom is -0.493 e. The van der Waals surface area contributed by atoms with E-state index in [1.165, 1.54) is 29.7 Å². The first kappa shape index (κ1) is 15.5. The van der Waals surface area contributed by atoms with Crippen LogP contribution >= 0.6 is 11.8 Å². The summed E-state index contributed by atoms with van der Waals surface area (Å²) in [6.07, 6.45) is 6.22. The average molecular weight is 295 g/mol. The maximum atomic E-state index is 5.40. The fourth-order valence-electron chi connectivity index (χ4n) is 2.45. The van der Waals surface area contributed by atoms with Gasteiger partial charge in [0.2, 0.25) is 0 Å². The van der Waals surface area contributed by atoms with Gasteiger partial charge in [-0.05, 0) is 43.2 Å². The molecule has 4 heteroatoms. The SMILES string of the molecule is COc1cc(CNC(C)CC2CC2)c(SC)cc1OC. The first-order chi connectivity index (χ1) is 9.67. The molecule has 2 rings (SSSR count). The first-order valence-corrected chi connectivity index (χ1v) is 8.42. The molecule has 0 spiro atoms. The smallest absolute Gasteiger partial charge is 0.161 e. The lowest BCUT2D eigenvalue weighted by molar-refractivity contribution is 0.353.